The molecule has 2 atom stereocenters. The van der Waals surface area contributed by atoms with E-state index in [-0.39, 0.29) is 11.1 Å². The molecule has 0 spiro atoms. The highest BCUT2D eigenvalue weighted by Gasteiger charge is 2.26. The molecule has 0 saturated carbocycles. The summed E-state index contributed by atoms with van der Waals surface area (Å²) in [6.07, 6.45) is 4.16. The zero-order valence-corrected chi connectivity index (χ0v) is 15.2. The van der Waals surface area contributed by atoms with Gasteiger partial charge in [-0.25, -0.2) is 4.98 Å². The molecule has 132 valence electrons. The number of nitrogens with zero attached hydrogens (tertiary/aromatic N) is 5. The molecule has 0 radical (unpaired) electrons. The number of fused-ring (bicyclic) bond motifs is 1. The fraction of sp³-hybridized carbons (Fsp3) is 0.400. The van der Waals surface area contributed by atoms with Crippen molar-refractivity contribution in [3.05, 3.63) is 45.4 Å². The molecule has 6 nitrogen and oxygen atoms in total. The van der Waals surface area contributed by atoms with Gasteiger partial charge in [-0.3, -0.25) is 9.20 Å². The summed E-state index contributed by atoms with van der Waals surface area (Å²) >= 11 is 0. The molecule has 26 heavy (non-hydrogen) atoms. The number of aromatic nitrogens is 2. The topological polar surface area (TPSA) is 85.2 Å². The van der Waals surface area contributed by atoms with Gasteiger partial charge in [-0.1, -0.05) is 19.9 Å². The monoisotopic (exact) mass is 347 g/mol. The quantitative estimate of drug-likeness (QED) is 0.780. The lowest BCUT2D eigenvalue weighted by Crippen LogP contribution is -2.40. The minimum absolute atomic E-state index is 0.101. The van der Waals surface area contributed by atoms with E-state index in [1.165, 1.54) is 10.5 Å². The summed E-state index contributed by atoms with van der Waals surface area (Å²) in [6, 6.07) is 7.39. The molecular formula is C20H21N5O. The van der Waals surface area contributed by atoms with Gasteiger partial charge in [-0.05, 0) is 42.9 Å². The maximum Gasteiger partial charge on any atom is 0.267 e. The molecule has 2 unspecified atom stereocenters. The second-order valence-corrected chi connectivity index (χ2v) is 7.17. The van der Waals surface area contributed by atoms with Gasteiger partial charge in [0, 0.05) is 19.3 Å². The molecule has 0 amide bonds. The third-order valence-corrected chi connectivity index (χ3v) is 4.76. The summed E-state index contributed by atoms with van der Waals surface area (Å²) in [5.41, 5.74) is 1.44. The molecule has 6 heteroatoms. The van der Waals surface area contributed by atoms with Gasteiger partial charge in [0.25, 0.3) is 5.56 Å². The first-order chi connectivity index (χ1) is 12.4. The SMILES string of the molecule is Cc1cccn2c(=O)c(C=C(C#N)C#N)c(N3CC(C)CC(C)C3)nc12. The van der Waals surface area contributed by atoms with Crippen molar-refractivity contribution in [1.82, 2.24) is 9.38 Å². The van der Waals surface area contributed by atoms with Crippen LogP contribution < -0.4 is 10.5 Å². The van der Waals surface area contributed by atoms with Gasteiger partial charge >= 0.3 is 0 Å². The van der Waals surface area contributed by atoms with E-state index in [2.05, 4.69) is 18.7 Å². The van der Waals surface area contributed by atoms with Crippen molar-refractivity contribution in [2.24, 2.45) is 11.8 Å². The second-order valence-electron chi connectivity index (χ2n) is 7.17. The van der Waals surface area contributed by atoms with Crippen molar-refractivity contribution < 1.29 is 0 Å². The maximum absolute atomic E-state index is 13.1. The van der Waals surface area contributed by atoms with E-state index in [1.54, 1.807) is 12.3 Å². The fourth-order valence-corrected chi connectivity index (χ4v) is 3.74. The van der Waals surface area contributed by atoms with Crippen LogP contribution in [0.25, 0.3) is 11.7 Å². The van der Waals surface area contributed by atoms with Gasteiger partial charge in [0.1, 0.15) is 29.2 Å². The summed E-state index contributed by atoms with van der Waals surface area (Å²) in [5.74, 6) is 1.53. The van der Waals surface area contributed by atoms with E-state index in [0.29, 0.717) is 28.9 Å². The molecule has 2 aromatic heterocycles. The fourth-order valence-electron chi connectivity index (χ4n) is 3.74. The van der Waals surface area contributed by atoms with Crippen LogP contribution in [0.15, 0.2) is 28.7 Å². The Morgan fingerprint density at radius 1 is 1.27 bits per heavy atom. The molecule has 3 rings (SSSR count). The Morgan fingerprint density at radius 3 is 2.54 bits per heavy atom. The van der Waals surface area contributed by atoms with Gasteiger partial charge < -0.3 is 4.90 Å². The van der Waals surface area contributed by atoms with Gasteiger partial charge in [-0.2, -0.15) is 10.5 Å². The number of anilines is 1. The van der Waals surface area contributed by atoms with Gasteiger partial charge in [-0.15, -0.1) is 0 Å². The van der Waals surface area contributed by atoms with Crippen LogP contribution >= 0.6 is 0 Å². The van der Waals surface area contributed by atoms with Crippen molar-refractivity contribution in [1.29, 1.82) is 10.5 Å². The van der Waals surface area contributed by atoms with Crippen molar-refractivity contribution in [2.75, 3.05) is 18.0 Å². The van der Waals surface area contributed by atoms with Crippen molar-refractivity contribution in [2.45, 2.75) is 27.2 Å². The van der Waals surface area contributed by atoms with Crippen LogP contribution in [0.2, 0.25) is 0 Å². The number of piperidine rings is 1. The molecule has 0 aromatic carbocycles. The normalized spacial score (nSPS) is 19.7. The van der Waals surface area contributed by atoms with E-state index in [9.17, 15) is 4.79 Å². The van der Waals surface area contributed by atoms with Crippen molar-refractivity contribution in [3.63, 3.8) is 0 Å². The number of pyridine rings is 1. The van der Waals surface area contributed by atoms with Crippen LogP contribution in [0, 0.1) is 41.4 Å². The first-order valence-electron chi connectivity index (χ1n) is 8.73. The molecule has 3 heterocycles. The molecule has 2 aromatic rings. The van der Waals surface area contributed by atoms with E-state index >= 15 is 0 Å². The maximum atomic E-state index is 13.1. The molecule has 1 saturated heterocycles. The number of rotatable bonds is 2. The Bertz CT molecular complexity index is 995. The lowest BCUT2D eigenvalue weighted by Gasteiger charge is -2.36. The number of aryl methyl sites for hydroxylation is 1. The predicted molar refractivity (Wildman–Crippen MR) is 101 cm³/mol. The van der Waals surface area contributed by atoms with E-state index < -0.39 is 0 Å². The van der Waals surface area contributed by atoms with Crippen LogP contribution in [0.4, 0.5) is 5.82 Å². The molecular weight excluding hydrogens is 326 g/mol. The summed E-state index contributed by atoms with van der Waals surface area (Å²) in [7, 11) is 0. The molecule has 0 bridgehead atoms. The molecule has 0 N–H and O–H groups in total. The zero-order chi connectivity index (χ0) is 18.8. The Hall–Kier alpha value is -3.12. The molecule has 0 aliphatic carbocycles. The molecule has 1 aliphatic rings. The van der Waals surface area contributed by atoms with Crippen LogP contribution in [0.3, 0.4) is 0 Å². The Morgan fingerprint density at radius 2 is 1.92 bits per heavy atom. The second kappa shape index (κ2) is 7.01. The molecule has 1 aliphatic heterocycles. The van der Waals surface area contributed by atoms with E-state index in [1.807, 2.05) is 25.1 Å². The van der Waals surface area contributed by atoms with Crippen LogP contribution in [0.1, 0.15) is 31.4 Å². The minimum Gasteiger partial charge on any atom is -0.355 e. The van der Waals surface area contributed by atoms with Crippen LogP contribution in [-0.2, 0) is 0 Å². The predicted octanol–water partition coefficient (Wildman–Crippen LogP) is 2.92. The number of hydrogen-bond donors (Lipinski definition) is 0. The first kappa shape index (κ1) is 17.7. The average molecular weight is 347 g/mol. The third-order valence-electron chi connectivity index (χ3n) is 4.76. The van der Waals surface area contributed by atoms with Crippen LogP contribution in [-0.4, -0.2) is 22.5 Å². The standard InChI is InChI=1S/C20H21N5O/c1-13-7-14(2)12-24(11-13)19-17(8-16(9-21)10-22)20(26)25-6-4-5-15(3)18(25)23-19/h4-6,8,13-14H,7,11-12H2,1-3H3. The highest BCUT2D eigenvalue weighted by molar-refractivity contribution is 5.72. The van der Waals surface area contributed by atoms with Gasteiger partial charge in [0.05, 0.1) is 5.56 Å². The largest absolute Gasteiger partial charge is 0.355 e. The average Bonchev–Trinajstić information content (AvgIpc) is 2.60. The number of nitriles is 2. The van der Waals surface area contributed by atoms with E-state index in [0.717, 1.165) is 25.1 Å². The Balaban J connectivity index is 2.30. The Labute approximate surface area is 152 Å². The summed E-state index contributed by atoms with van der Waals surface area (Å²) in [6.45, 7) is 7.89. The van der Waals surface area contributed by atoms with Crippen LogP contribution in [0.5, 0.6) is 0 Å². The zero-order valence-electron chi connectivity index (χ0n) is 15.2. The highest BCUT2D eigenvalue weighted by atomic mass is 16.1. The summed E-state index contributed by atoms with van der Waals surface area (Å²) in [4.78, 5) is 20.0. The first-order valence-corrected chi connectivity index (χ1v) is 8.73. The lowest BCUT2D eigenvalue weighted by molar-refractivity contribution is 0.355. The molecule has 1 fully saturated rings. The summed E-state index contributed by atoms with van der Waals surface area (Å²) in [5, 5.41) is 18.3. The number of allylic oxidation sites excluding steroid dienone is 1. The van der Waals surface area contributed by atoms with Gasteiger partial charge in [0.2, 0.25) is 0 Å². The minimum atomic E-state index is -0.262. The van der Waals surface area contributed by atoms with Gasteiger partial charge in [0.15, 0.2) is 0 Å². The lowest BCUT2D eigenvalue weighted by atomic mass is 9.91. The Kier molecular flexibility index (Phi) is 4.77. The third kappa shape index (κ3) is 3.19. The summed E-state index contributed by atoms with van der Waals surface area (Å²) < 4.78 is 1.48. The number of hydrogen-bond acceptors (Lipinski definition) is 5. The highest BCUT2D eigenvalue weighted by Crippen LogP contribution is 2.28. The van der Waals surface area contributed by atoms with E-state index in [4.69, 9.17) is 15.5 Å². The van der Waals surface area contributed by atoms with Crippen molar-refractivity contribution >= 4 is 17.5 Å². The van der Waals surface area contributed by atoms with Crippen molar-refractivity contribution in [3.8, 4) is 12.1 Å². The smallest absolute Gasteiger partial charge is 0.267 e.